The van der Waals surface area contributed by atoms with E-state index in [9.17, 15) is 9.59 Å². The van der Waals surface area contributed by atoms with Crippen molar-refractivity contribution in [2.45, 2.75) is 51.0 Å². The Bertz CT molecular complexity index is 1140. The summed E-state index contributed by atoms with van der Waals surface area (Å²) < 4.78 is 1.88. The Labute approximate surface area is 194 Å². The third-order valence-electron chi connectivity index (χ3n) is 6.70. The molecule has 172 valence electrons. The summed E-state index contributed by atoms with van der Waals surface area (Å²) in [5.41, 5.74) is 3.91. The van der Waals surface area contributed by atoms with Gasteiger partial charge in [0, 0.05) is 42.7 Å². The molecule has 2 aliphatic rings. The molecule has 33 heavy (non-hydrogen) atoms. The molecule has 1 saturated heterocycles. The topological polar surface area (TPSA) is 78.7 Å². The number of nitrogens with one attached hydrogen (secondary N) is 2. The summed E-state index contributed by atoms with van der Waals surface area (Å²) in [6, 6.07) is 11.8. The first-order valence-corrected chi connectivity index (χ1v) is 12.1. The number of anilines is 1. The Kier molecular flexibility index (Phi) is 6.39. The number of likely N-dealkylation sites (tertiary alicyclic amines) is 1. The van der Waals surface area contributed by atoms with E-state index in [1.165, 1.54) is 25.7 Å². The summed E-state index contributed by atoms with van der Waals surface area (Å²) >= 11 is 0. The zero-order chi connectivity index (χ0) is 22.6. The van der Waals surface area contributed by atoms with E-state index in [0.717, 1.165) is 55.1 Å². The van der Waals surface area contributed by atoms with Gasteiger partial charge in [-0.05, 0) is 69.5 Å². The molecule has 7 heteroatoms. The Morgan fingerprint density at radius 1 is 1.00 bits per heavy atom. The lowest BCUT2D eigenvalue weighted by Crippen LogP contribution is -2.39. The number of imidazole rings is 1. The standard InChI is InChI=1S/C26H31N5O2/c32-25(12-15-30-13-2-1-3-14-30)27-22-9-4-6-19(16-22)23-18-31-17-20(10-11-24(31)29-23)26(33)28-21-7-5-8-21/h4,6,9-11,16-18,21H,1-3,5,7-8,12-15H2,(H,27,32)(H,28,33). The van der Waals surface area contributed by atoms with Crippen LogP contribution in [0.25, 0.3) is 16.9 Å². The number of aromatic nitrogens is 2. The molecule has 0 spiro atoms. The zero-order valence-electron chi connectivity index (χ0n) is 18.9. The van der Waals surface area contributed by atoms with Crippen LogP contribution in [0, 0.1) is 0 Å². The molecule has 3 heterocycles. The highest BCUT2D eigenvalue weighted by molar-refractivity contribution is 5.94. The smallest absolute Gasteiger partial charge is 0.252 e. The van der Waals surface area contributed by atoms with Gasteiger partial charge in [0.1, 0.15) is 5.65 Å². The molecule has 1 aliphatic heterocycles. The Hall–Kier alpha value is -3.19. The third-order valence-corrected chi connectivity index (χ3v) is 6.70. The Morgan fingerprint density at radius 3 is 2.64 bits per heavy atom. The number of piperidine rings is 1. The Morgan fingerprint density at radius 2 is 1.85 bits per heavy atom. The van der Waals surface area contributed by atoms with E-state index >= 15 is 0 Å². The summed E-state index contributed by atoms with van der Waals surface area (Å²) in [7, 11) is 0. The molecule has 7 nitrogen and oxygen atoms in total. The van der Waals surface area contributed by atoms with Gasteiger partial charge in [0.25, 0.3) is 5.91 Å². The van der Waals surface area contributed by atoms with Crippen LogP contribution in [0.2, 0.25) is 0 Å². The maximum absolute atomic E-state index is 12.5. The van der Waals surface area contributed by atoms with Gasteiger partial charge in [-0.1, -0.05) is 18.6 Å². The molecule has 1 aromatic carbocycles. The minimum atomic E-state index is -0.0360. The number of carbonyl (C=O) groups is 2. The first-order chi connectivity index (χ1) is 16.1. The number of carbonyl (C=O) groups excluding carboxylic acids is 2. The van der Waals surface area contributed by atoms with Crippen LogP contribution in [-0.2, 0) is 4.79 Å². The van der Waals surface area contributed by atoms with Crippen molar-refractivity contribution in [2.75, 3.05) is 25.0 Å². The van der Waals surface area contributed by atoms with E-state index in [4.69, 9.17) is 4.98 Å². The second-order valence-corrected chi connectivity index (χ2v) is 9.19. The van der Waals surface area contributed by atoms with Crippen molar-refractivity contribution in [3.8, 4) is 11.3 Å². The molecule has 2 aromatic heterocycles. The highest BCUT2D eigenvalue weighted by Crippen LogP contribution is 2.23. The van der Waals surface area contributed by atoms with Crippen molar-refractivity contribution < 1.29 is 9.59 Å². The zero-order valence-corrected chi connectivity index (χ0v) is 18.9. The summed E-state index contributed by atoms with van der Waals surface area (Å²) in [5, 5.41) is 6.10. The maximum Gasteiger partial charge on any atom is 0.252 e. The number of rotatable bonds is 7. The van der Waals surface area contributed by atoms with E-state index in [-0.39, 0.29) is 11.8 Å². The molecule has 2 N–H and O–H groups in total. The van der Waals surface area contributed by atoms with Gasteiger partial charge >= 0.3 is 0 Å². The summed E-state index contributed by atoms with van der Waals surface area (Å²) in [6.45, 7) is 3.01. The molecule has 0 radical (unpaired) electrons. The fraction of sp³-hybridized carbons (Fsp3) is 0.423. The number of hydrogen-bond acceptors (Lipinski definition) is 4. The van der Waals surface area contributed by atoms with Crippen LogP contribution < -0.4 is 10.6 Å². The van der Waals surface area contributed by atoms with Gasteiger partial charge in [-0.15, -0.1) is 0 Å². The summed E-state index contributed by atoms with van der Waals surface area (Å²) in [4.78, 5) is 32.0. The second-order valence-electron chi connectivity index (χ2n) is 9.19. The monoisotopic (exact) mass is 445 g/mol. The van der Waals surface area contributed by atoms with Crippen LogP contribution >= 0.6 is 0 Å². The van der Waals surface area contributed by atoms with Crippen molar-refractivity contribution in [3.63, 3.8) is 0 Å². The molecule has 5 rings (SSSR count). The van der Waals surface area contributed by atoms with Crippen molar-refractivity contribution in [1.29, 1.82) is 0 Å². The number of hydrogen-bond donors (Lipinski definition) is 2. The maximum atomic E-state index is 12.5. The lowest BCUT2D eigenvalue weighted by molar-refractivity contribution is -0.116. The summed E-state index contributed by atoms with van der Waals surface area (Å²) in [6.07, 6.45) is 11.3. The number of pyridine rings is 1. The van der Waals surface area contributed by atoms with Gasteiger partial charge in [-0.3, -0.25) is 9.59 Å². The van der Waals surface area contributed by atoms with Crippen LogP contribution in [0.3, 0.4) is 0 Å². The number of amides is 2. The highest BCUT2D eigenvalue weighted by atomic mass is 16.2. The van der Waals surface area contributed by atoms with Crippen molar-refractivity contribution >= 4 is 23.1 Å². The predicted molar refractivity (Wildman–Crippen MR) is 129 cm³/mol. The van der Waals surface area contributed by atoms with Crippen LogP contribution in [-0.4, -0.2) is 51.8 Å². The molecular weight excluding hydrogens is 414 g/mol. The number of fused-ring (bicyclic) bond motifs is 1. The van der Waals surface area contributed by atoms with Gasteiger partial charge in [0.15, 0.2) is 0 Å². The fourth-order valence-electron chi connectivity index (χ4n) is 4.51. The average molecular weight is 446 g/mol. The molecule has 1 aliphatic carbocycles. The van der Waals surface area contributed by atoms with Crippen molar-refractivity contribution in [1.82, 2.24) is 19.6 Å². The largest absolute Gasteiger partial charge is 0.349 e. The van der Waals surface area contributed by atoms with Crippen molar-refractivity contribution in [3.05, 3.63) is 54.4 Å². The molecule has 2 amide bonds. The third kappa shape index (κ3) is 5.25. The van der Waals surface area contributed by atoms with Gasteiger partial charge in [-0.2, -0.15) is 0 Å². The molecule has 2 fully saturated rings. The van der Waals surface area contributed by atoms with Gasteiger partial charge < -0.3 is 19.9 Å². The van der Waals surface area contributed by atoms with E-state index < -0.39 is 0 Å². The van der Waals surface area contributed by atoms with Gasteiger partial charge in [0.2, 0.25) is 5.91 Å². The van der Waals surface area contributed by atoms with E-state index in [1.54, 1.807) is 0 Å². The molecule has 0 unspecified atom stereocenters. The highest BCUT2D eigenvalue weighted by Gasteiger charge is 2.20. The molecule has 0 bridgehead atoms. The fourth-order valence-corrected chi connectivity index (χ4v) is 4.51. The van der Waals surface area contributed by atoms with Crippen molar-refractivity contribution in [2.24, 2.45) is 0 Å². The first-order valence-electron chi connectivity index (χ1n) is 12.1. The lowest BCUT2D eigenvalue weighted by atomic mass is 9.93. The first kappa shape index (κ1) is 21.6. The predicted octanol–water partition coefficient (Wildman–Crippen LogP) is 4.10. The molecule has 1 saturated carbocycles. The van der Waals surface area contributed by atoms with E-state index in [2.05, 4.69) is 15.5 Å². The normalized spacial score (nSPS) is 17.0. The minimum Gasteiger partial charge on any atom is -0.349 e. The lowest BCUT2D eigenvalue weighted by Gasteiger charge is -2.26. The molecule has 3 aromatic rings. The van der Waals surface area contributed by atoms with Crippen LogP contribution in [0.1, 0.15) is 55.3 Å². The number of benzene rings is 1. The Balaban J connectivity index is 1.25. The van der Waals surface area contributed by atoms with E-state index in [0.29, 0.717) is 18.0 Å². The second kappa shape index (κ2) is 9.75. The molecular formula is C26H31N5O2. The summed E-state index contributed by atoms with van der Waals surface area (Å²) in [5.74, 6) is 0.000884. The quantitative estimate of drug-likeness (QED) is 0.574. The SMILES string of the molecule is O=C(CCN1CCCCC1)Nc1cccc(-c2cn3cc(C(=O)NC4CCC4)ccc3n2)c1. The van der Waals surface area contributed by atoms with Crippen LogP contribution in [0.15, 0.2) is 48.8 Å². The van der Waals surface area contributed by atoms with E-state index in [1.807, 2.05) is 53.2 Å². The average Bonchev–Trinajstić information content (AvgIpc) is 3.24. The molecule has 0 atom stereocenters. The number of nitrogens with zero attached hydrogens (tertiary/aromatic N) is 3. The van der Waals surface area contributed by atoms with Gasteiger partial charge in [-0.25, -0.2) is 4.98 Å². The van der Waals surface area contributed by atoms with Crippen LogP contribution in [0.4, 0.5) is 5.69 Å². The van der Waals surface area contributed by atoms with Crippen LogP contribution in [0.5, 0.6) is 0 Å². The minimum absolute atomic E-state index is 0.0360. The van der Waals surface area contributed by atoms with Gasteiger partial charge in [0.05, 0.1) is 11.3 Å².